The summed E-state index contributed by atoms with van der Waals surface area (Å²) in [4.78, 5) is 12.6. The number of ether oxygens (including phenoxy) is 2. The summed E-state index contributed by atoms with van der Waals surface area (Å²) in [5.74, 6) is -0.157. The van der Waals surface area contributed by atoms with Crippen LogP contribution in [0.2, 0.25) is 0 Å². The van der Waals surface area contributed by atoms with E-state index in [1.54, 1.807) is 0 Å². The fraction of sp³-hybridized carbons (Fsp3) is 0.964. The minimum absolute atomic E-state index is 0.136. The number of rotatable bonds is 22. The minimum atomic E-state index is -1.54. The number of unbranched alkanes of at least 4 members (excludes halogenated alkanes) is 12. The molecule has 1 amide bonds. The summed E-state index contributed by atoms with van der Waals surface area (Å²) in [6.07, 6.45) is 8.69. The lowest BCUT2D eigenvalue weighted by Gasteiger charge is -2.40. The molecule has 37 heavy (non-hydrogen) atoms. The number of hydrogen-bond acceptors (Lipinski definition) is 8. The molecular weight excluding hydrogens is 478 g/mol. The van der Waals surface area contributed by atoms with E-state index in [0.717, 1.165) is 38.5 Å². The molecule has 1 fully saturated rings. The maximum Gasteiger partial charge on any atom is 0.220 e. The second-order valence-electron chi connectivity index (χ2n) is 10.6. The van der Waals surface area contributed by atoms with Gasteiger partial charge in [-0.05, 0) is 12.8 Å². The Morgan fingerprint density at radius 1 is 0.811 bits per heavy atom. The van der Waals surface area contributed by atoms with E-state index in [0.29, 0.717) is 12.8 Å². The van der Waals surface area contributed by atoms with Crippen LogP contribution in [-0.4, -0.2) is 87.5 Å². The Labute approximate surface area is 223 Å². The monoisotopic (exact) mass is 533 g/mol. The van der Waals surface area contributed by atoms with Gasteiger partial charge in [-0.3, -0.25) is 4.79 Å². The summed E-state index contributed by atoms with van der Waals surface area (Å²) in [5, 5.41) is 53.3. The lowest BCUT2D eigenvalue weighted by molar-refractivity contribution is -0.302. The van der Waals surface area contributed by atoms with Crippen molar-refractivity contribution in [3.05, 3.63) is 0 Å². The highest BCUT2D eigenvalue weighted by Crippen LogP contribution is 2.22. The summed E-state index contributed by atoms with van der Waals surface area (Å²) < 4.78 is 11.1. The van der Waals surface area contributed by atoms with Crippen LogP contribution in [0.5, 0.6) is 0 Å². The average molecular weight is 534 g/mol. The van der Waals surface area contributed by atoms with Crippen LogP contribution < -0.4 is 5.32 Å². The van der Waals surface area contributed by atoms with Crippen LogP contribution in [0.25, 0.3) is 0 Å². The number of hydrogen-bond donors (Lipinski definition) is 6. The number of nitrogens with one attached hydrogen (secondary N) is 1. The molecule has 0 radical (unpaired) electrons. The molecule has 7 unspecified atom stereocenters. The van der Waals surface area contributed by atoms with Crippen molar-refractivity contribution in [2.24, 2.45) is 0 Å². The summed E-state index contributed by atoms with van der Waals surface area (Å²) in [7, 11) is 0. The van der Waals surface area contributed by atoms with Crippen molar-refractivity contribution in [2.75, 3.05) is 13.2 Å². The highest BCUT2D eigenvalue weighted by atomic mass is 16.7. The molecule has 1 heterocycles. The van der Waals surface area contributed by atoms with Gasteiger partial charge in [-0.15, -0.1) is 0 Å². The zero-order chi connectivity index (χ0) is 27.5. The molecule has 0 aromatic rings. The second-order valence-corrected chi connectivity index (χ2v) is 10.6. The molecule has 0 saturated carbocycles. The lowest BCUT2D eigenvalue weighted by atomic mass is 9.99. The van der Waals surface area contributed by atoms with Gasteiger partial charge in [0.05, 0.1) is 25.4 Å². The third-order valence-corrected chi connectivity index (χ3v) is 7.21. The molecule has 1 rings (SSSR count). The third-order valence-electron chi connectivity index (χ3n) is 7.21. The van der Waals surface area contributed by atoms with E-state index in [-0.39, 0.29) is 12.5 Å². The van der Waals surface area contributed by atoms with Crippen LogP contribution >= 0.6 is 0 Å². The second kappa shape index (κ2) is 21.1. The fourth-order valence-corrected chi connectivity index (χ4v) is 4.69. The van der Waals surface area contributed by atoms with E-state index >= 15 is 0 Å². The van der Waals surface area contributed by atoms with E-state index in [1.165, 1.54) is 51.4 Å². The molecule has 0 spiro atoms. The molecule has 1 aliphatic rings. The number of aliphatic hydroxyl groups is 5. The molecule has 7 atom stereocenters. The Morgan fingerprint density at radius 3 is 1.92 bits per heavy atom. The Kier molecular flexibility index (Phi) is 19.5. The molecular formula is C28H55NO8. The van der Waals surface area contributed by atoms with Gasteiger partial charge in [0.1, 0.15) is 24.4 Å². The summed E-state index contributed by atoms with van der Waals surface area (Å²) >= 11 is 0. The fourth-order valence-electron chi connectivity index (χ4n) is 4.69. The zero-order valence-corrected chi connectivity index (χ0v) is 23.2. The SMILES string of the molecule is CCCCCCCCCCC(=O)NC(COC1OC(CO)C(O)C(O)C1O)C(O)CCCCCCCC. The van der Waals surface area contributed by atoms with Gasteiger partial charge in [-0.1, -0.05) is 97.3 Å². The van der Waals surface area contributed by atoms with Gasteiger partial charge in [0, 0.05) is 6.42 Å². The smallest absolute Gasteiger partial charge is 0.220 e. The zero-order valence-electron chi connectivity index (χ0n) is 23.2. The standard InChI is InChI=1S/C28H55NO8/c1-3-5-7-9-11-12-14-16-18-24(32)29-21(22(31)17-15-13-10-8-6-4-2)20-36-28-27(35)26(34)25(33)23(19-30)37-28/h21-23,25-28,30-31,33-35H,3-20H2,1-2H3,(H,29,32). The van der Waals surface area contributed by atoms with Crippen LogP contribution in [-0.2, 0) is 14.3 Å². The molecule has 9 heteroatoms. The van der Waals surface area contributed by atoms with Crippen LogP contribution in [0.3, 0.4) is 0 Å². The van der Waals surface area contributed by atoms with Crippen molar-refractivity contribution in [1.29, 1.82) is 0 Å². The van der Waals surface area contributed by atoms with Gasteiger partial charge in [-0.2, -0.15) is 0 Å². The van der Waals surface area contributed by atoms with Gasteiger partial charge in [0.25, 0.3) is 0 Å². The van der Waals surface area contributed by atoms with Gasteiger partial charge in [-0.25, -0.2) is 0 Å². The number of carbonyl (C=O) groups is 1. The van der Waals surface area contributed by atoms with E-state index in [9.17, 15) is 30.3 Å². The quantitative estimate of drug-likeness (QED) is 0.116. The Bertz CT molecular complexity index is 564. The summed E-state index contributed by atoms with van der Waals surface area (Å²) in [6, 6.07) is -0.704. The number of aliphatic hydroxyl groups excluding tert-OH is 5. The molecule has 1 saturated heterocycles. The molecule has 6 N–H and O–H groups in total. The molecule has 0 aliphatic carbocycles. The first-order chi connectivity index (χ1) is 17.8. The predicted molar refractivity (Wildman–Crippen MR) is 143 cm³/mol. The molecule has 0 aromatic carbocycles. The highest BCUT2D eigenvalue weighted by molar-refractivity contribution is 5.76. The van der Waals surface area contributed by atoms with E-state index in [4.69, 9.17) is 9.47 Å². The van der Waals surface area contributed by atoms with Crippen molar-refractivity contribution in [1.82, 2.24) is 5.32 Å². The maximum absolute atomic E-state index is 12.6. The van der Waals surface area contributed by atoms with Gasteiger partial charge in [0.15, 0.2) is 6.29 Å². The Balaban J connectivity index is 2.55. The Hall–Kier alpha value is -0.810. The van der Waals surface area contributed by atoms with Crippen molar-refractivity contribution < 1.29 is 39.8 Å². The van der Waals surface area contributed by atoms with E-state index in [2.05, 4.69) is 19.2 Å². The summed E-state index contributed by atoms with van der Waals surface area (Å²) in [6.45, 7) is 3.68. The van der Waals surface area contributed by atoms with Crippen LogP contribution in [0.15, 0.2) is 0 Å². The van der Waals surface area contributed by atoms with Gasteiger partial charge < -0.3 is 40.3 Å². The van der Waals surface area contributed by atoms with Crippen LogP contribution in [0.4, 0.5) is 0 Å². The van der Waals surface area contributed by atoms with Gasteiger partial charge in [0.2, 0.25) is 5.91 Å². The van der Waals surface area contributed by atoms with Crippen molar-refractivity contribution in [3.63, 3.8) is 0 Å². The molecule has 1 aliphatic heterocycles. The minimum Gasteiger partial charge on any atom is -0.394 e. The number of amides is 1. The first-order valence-corrected chi connectivity index (χ1v) is 14.7. The molecule has 0 bridgehead atoms. The van der Waals surface area contributed by atoms with Crippen molar-refractivity contribution >= 4 is 5.91 Å². The number of carbonyl (C=O) groups excluding carboxylic acids is 1. The topological polar surface area (TPSA) is 149 Å². The largest absolute Gasteiger partial charge is 0.394 e. The normalized spacial score (nSPS) is 25.6. The average Bonchev–Trinajstić information content (AvgIpc) is 2.89. The van der Waals surface area contributed by atoms with E-state index < -0.39 is 49.5 Å². The maximum atomic E-state index is 12.6. The summed E-state index contributed by atoms with van der Waals surface area (Å²) in [5.41, 5.74) is 0. The van der Waals surface area contributed by atoms with E-state index in [1.807, 2.05) is 0 Å². The van der Waals surface area contributed by atoms with Crippen molar-refractivity contribution in [2.45, 2.75) is 159 Å². The lowest BCUT2D eigenvalue weighted by Crippen LogP contribution is -2.60. The van der Waals surface area contributed by atoms with Crippen LogP contribution in [0.1, 0.15) is 117 Å². The first-order valence-electron chi connectivity index (χ1n) is 14.7. The third kappa shape index (κ3) is 14.2. The highest BCUT2D eigenvalue weighted by Gasteiger charge is 2.44. The first kappa shape index (κ1) is 34.2. The Morgan fingerprint density at radius 2 is 1.35 bits per heavy atom. The predicted octanol–water partition coefficient (Wildman–Crippen LogP) is 2.93. The van der Waals surface area contributed by atoms with Crippen LogP contribution in [0, 0.1) is 0 Å². The molecule has 0 aromatic heterocycles. The van der Waals surface area contributed by atoms with Crippen molar-refractivity contribution in [3.8, 4) is 0 Å². The molecule has 220 valence electrons. The van der Waals surface area contributed by atoms with Gasteiger partial charge >= 0.3 is 0 Å². The molecule has 9 nitrogen and oxygen atoms in total.